The van der Waals surface area contributed by atoms with Gasteiger partial charge in [-0.2, -0.15) is 4.31 Å². The third kappa shape index (κ3) is 6.41. The number of hydrogen-bond acceptors (Lipinski definition) is 6. The highest BCUT2D eigenvalue weighted by molar-refractivity contribution is 8.00. The number of nitrogens with one attached hydrogen (secondary N) is 1. The maximum atomic E-state index is 12.8. The predicted molar refractivity (Wildman–Crippen MR) is 129 cm³/mol. The molecule has 0 saturated heterocycles. The van der Waals surface area contributed by atoms with Crippen molar-refractivity contribution in [3.8, 4) is 0 Å². The number of sulfonamides is 1. The SMILES string of the molecule is CC(Sc1ccc([N+](=O)[O-])cc1)C(=O)Nc1ccc(S(=O)(=O)N(C)Cc2ccccc2)cc1. The minimum Gasteiger partial charge on any atom is -0.325 e. The van der Waals surface area contributed by atoms with Crippen LogP contribution in [0.1, 0.15) is 12.5 Å². The largest absolute Gasteiger partial charge is 0.325 e. The Kier molecular flexibility index (Phi) is 7.85. The van der Waals surface area contributed by atoms with E-state index in [0.717, 1.165) is 10.5 Å². The van der Waals surface area contributed by atoms with Crippen molar-refractivity contribution in [1.82, 2.24) is 4.31 Å². The topological polar surface area (TPSA) is 110 Å². The Balaban J connectivity index is 1.60. The molecule has 3 aromatic rings. The summed E-state index contributed by atoms with van der Waals surface area (Å²) in [6, 6.07) is 21.3. The van der Waals surface area contributed by atoms with Crippen molar-refractivity contribution in [2.24, 2.45) is 0 Å². The van der Waals surface area contributed by atoms with Gasteiger partial charge in [0.1, 0.15) is 0 Å². The summed E-state index contributed by atoms with van der Waals surface area (Å²) in [5.41, 5.74) is 1.34. The third-order valence-electron chi connectivity index (χ3n) is 4.81. The summed E-state index contributed by atoms with van der Waals surface area (Å²) in [5.74, 6) is -0.268. The molecule has 1 N–H and O–H groups in total. The molecule has 1 atom stereocenters. The number of benzene rings is 3. The van der Waals surface area contributed by atoms with Gasteiger partial charge in [0.15, 0.2) is 0 Å². The lowest BCUT2D eigenvalue weighted by Gasteiger charge is -2.18. The van der Waals surface area contributed by atoms with Gasteiger partial charge < -0.3 is 5.32 Å². The number of carbonyl (C=O) groups is 1. The van der Waals surface area contributed by atoms with Crippen molar-refractivity contribution in [2.45, 2.75) is 28.5 Å². The Labute approximate surface area is 196 Å². The molecule has 0 saturated carbocycles. The number of non-ortho nitro benzene ring substituents is 1. The normalized spacial score (nSPS) is 12.3. The van der Waals surface area contributed by atoms with Crippen LogP contribution in [0.4, 0.5) is 11.4 Å². The van der Waals surface area contributed by atoms with Crippen LogP contribution in [0.2, 0.25) is 0 Å². The number of nitro groups is 1. The quantitative estimate of drug-likeness (QED) is 0.271. The number of nitro benzene ring substituents is 1. The smallest absolute Gasteiger partial charge is 0.269 e. The van der Waals surface area contributed by atoms with E-state index in [9.17, 15) is 23.3 Å². The molecule has 10 heteroatoms. The molecule has 172 valence electrons. The first-order chi connectivity index (χ1) is 15.7. The molecular formula is C23H23N3O5S2. The number of carbonyl (C=O) groups excluding carboxylic acids is 1. The molecule has 0 heterocycles. The maximum absolute atomic E-state index is 12.8. The van der Waals surface area contributed by atoms with Crippen molar-refractivity contribution >= 4 is 39.1 Å². The molecule has 0 spiro atoms. The van der Waals surface area contributed by atoms with Crippen molar-refractivity contribution in [1.29, 1.82) is 0 Å². The van der Waals surface area contributed by atoms with Crippen molar-refractivity contribution in [2.75, 3.05) is 12.4 Å². The molecule has 3 rings (SSSR count). The summed E-state index contributed by atoms with van der Waals surface area (Å²) >= 11 is 1.27. The van der Waals surface area contributed by atoms with Gasteiger partial charge in [0.2, 0.25) is 15.9 Å². The van der Waals surface area contributed by atoms with E-state index in [1.165, 1.54) is 47.4 Å². The summed E-state index contributed by atoms with van der Waals surface area (Å²) in [5, 5.41) is 13.0. The van der Waals surface area contributed by atoms with Crippen LogP contribution in [-0.4, -0.2) is 35.9 Å². The zero-order valence-corrected chi connectivity index (χ0v) is 19.7. The second kappa shape index (κ2) is 10.6. The number of nitrogens with zero attached hydrogens (tertiary/aromatic N) is 2. The van der Waals surface area contributed by atoms with Gasteiger partial charge in [-0.15, -0.1) is 11.8 Å². The Hall–Kier alpha value is -3.21. The van der Waals surface area contributed by atoms with Crippen LogP contribution in [0.5, 0.6) is 0 Å². The number of hydrogen-bond donors (Lipinski definition) is 1. The van der Waals surface area contributed by atoms with E-state index in [1.54, 1.807) is 31.2 Å². The highest BCUT2D eigenvalue weighted by Gasteiger charge is 2.21. The summed E-state index contributed by atoms with van der Waals surface area (Å²) < 4.78 is 27.0. The van der Waals surface area contributed by atoms with Crippen LogP contribution < -0.4 is 5.32 Å². The van der Waals surface area contributed by atoms with Gasteiger partial charge >= 0.3 is 0 Å². The van der Waals surface area contributed by atoms with Gasteiger partial charge in [-0.05, 0) is 48.9 Å². The summed E-state index contributed by atoms with van der Waals surface area (Å²) in [7, 11) is -2.16. The van der Waals surface area contributed by atoms with Crippen molar-refractivity contribution in [3.63, 3.8) is 0 Å². The molecule has 1 amide bonds. The summed E-state index contributed by atoms with van der Waals surface area (Å²) in [6.07, 6.45) is 0. The molecule has 0 aliphatic heterocycles. The van der Waals surface area contributed by atoms with Gasteiger partial charge in [0, 0.05) is 36.3 Å². The average molecular weight is 486 g/mol. The van der Waals surface area contributed by atoms with E-state index in [4.69, 9.17) is 0 Å². The highest BCUT2D eigenvalue weighted by Crippen LogP contribution is 2.26. The second-order valence-corrected chi connectivity index (χ2v) is 10.7. The van der Waals surface area contributed by atoms with Gasteiger partial charge in [-0.3, -0.25) is 14.9 Å². The van der Waals surface area contributed by atoms with Crippen LogP contribution in [-0.2, 0) is 21.4 Å². The van der Waals surface area contributed by atoms with Gasteiger partial charge in [0.05, 0.1) is 15.1 Å². The number of anilines is 1. The summed E-state index contributed by atoms with van der Waals surface area (Å²) in [4.78, 5) is 23.6. The van der Waals surface area contributed by atoms with E-state index >= 15 is 0 Å². The fourth-order valence-electron chi connectivity index (χ4n) is 2.96. The Bertz CT molecular complexity index is 1220. The third-order valence-corrected chi connectivity index (χ3v) is 7.74. The molecule has 8 nitrogen and oxygen atoms in total. The van der Waals surface area contributed by atoms with Gasteiger partial charge in [0.25, 0.3) is 5.69 Å². The van der Waals surface area contributed by atoms with Gasteiger partial charge in [-0.1, -0.05) is 30.3 Å². The van der Waals surface area contributed by atoms with Crippen LogP contribution in [0.25, 0.3) is 0 Å². The Morgan fingerprint density at radius 3 is 2.21 bits per heavy atom. The van der Waals surface area contributed by atoms with E-state index in [1.807, 2.05) is 30.3 Å². The highest BCUT2D eigenvalue weighted by atomic mass is 32.2. The number of amides is 1. The number of rotatable bonds is 9. The second-order valence-electron chi connectivity index (χ2n) is 7.27. The van der Waals surface area contributed by atoms with Crippen molar-refractivity contribution in [3.05, 3.63) is 94.5 Å². The zero-order chi connectivity index (χ0) is 24.0. The number of thioether (sulfide) groups is 1. The first kappa shape index (κ1) is 24.4. The molecule has 0 fully saturated rings. The minimum absolute atomic E-state index is 0.0130. The van der Waals surface area contributed by atoms with Crippen LogP contribution in [0.15, 0.2) is 88.7 Å². The van der Waals surface area contributed by atoms with Gasteiger partial charge in [-0.25, -0.2) is 8.42 Å². The van der Waals surface area contributed by atoms with Crippen molar-refractivity contribution < 1.29 is 18.1 Å². The molecule has 0 radical (unpaired) electrons. The fourth-order valence-corrected chi connectivity index (χ4v) is 4.99. The molecule has 0 bridgehead atoms. The van der Waals surface area contributed by atoms with E-state index < -0.39 is 20.2 Å². The zero-order valence-electron chi connectivity index (χ0n) is 18.0. The first-order valence-electron chi connectivity index (χ1n) is 9.99. The predicted octanol–water partition coefficient (Wildman–Crippen LogP) is 4.53. The molecular weight excluding hydrogens is 462 g/mol. The molecule has 3 aromatic carbocycles. The molecule has 0 aliphatic carbocycles. The van der Waals surface area contributed by atoms with E-state index in [2.05, 4.69) is 5.32 Å². The van der Waals surface area contributed by atoms with Crippen LogP contribution >= 0.6 is 11.8 Å². The Morgan fingerprint density at radius 2 is 1.64 bits per heavy atom. The first-order valence-corrected chi connectivity index (χ1v) is 12.3. The standard InChI is InChI=1S/C23H23N3O5S2/c1-17(32-21-12-10-20(11-13-21)26(28)29)23(27)24-19-8-14-22(15-9-19)33(30,31)25(2)16-18-6-4-3-5-7-18/h3-15,17H,16H2,1-2H3,(H,24,27). The fraction of sp³-hybridized carbons (Fsp3) is 0.174. The lowest BCUT2D eigenvalue weighted by atomic mass is 10.2. The average Bonchev–Trinajstić information content (AvgIpc) is 2.80. The molecule has 0 aromatic heterocycles. The molecule has 1 unspecified atom stereocenters. The lowest BCUT2D eigenvalue weighted by Crippen LogP contribution is -2.26. The minimum atomic E-state index is -3.68. The van der Waals surface area contributed by atoms with E-state index in [-0.39, 0.29) is 23.0 Å². The molecule has 33 heavy (non-hydrogen) atoms. The van der Waals surface area contributed by atoms with E-state index in [0.29, 0.717) is 5.69 Å². The Morgan fingerprint density at radius 1 is 1.03 bits per heavy atom. The van der Waals surface area contributed by atoms with Crippen LogP contribution in [0.3, 0.4) is 0 Å². The molecule has 0 aliphatic rings. The van der Waals surface area contributed by atoms with Crippen LogP contribution in [0, 0.1) is 10.1 Å². The monoisotopic (exact) mass is 485 g/mol. The lowest BCUT2D eigenvalue weighted by molar-refractivity contribution is -0.384. The maximum Gasteiger partial charge on any atom is 0.269 e. The summed E-state index contributed by atoms with van der Waals surface area (Å²) in [6.45, 7) is 1.97.